The number of rotatable bonds is 10. The number of phenols is 1. The highest BCUT2D eigenvalue weighted by molar-refractivity contribution is 5.83. The fourth-order valence-corrected chi connectivity index (χ4v) is 3.80. The van der Waals surface area contributed by atoms with Gasteiger partial charge >= 0.3 is 11.9 Å². The molecule has 0 saturated carbocycles. The van der Waals surface area contributed by atoms with E-state index < -0.39 is 24.1 Å². The zero-order valence-corrected chi connectivity index (χ0v) is 20.4. The molecule has 0 heterocycles. The van der Waals surface area contributed by atoms with Crippen molar-refractivity contribution in [2.24, 2.45) is 0 Å². The summed E-state index contributed by atoms with van der Waals surface area (Å²) in [6, 6.07) is 17.5. The van der Waals surface area contributed by atoms with Crippen LogP contribution in [0.1, 0.15) is 56.7 Å². The number of phenolic OH excluding ortho intramolecular Hbond substituents is 1. The van der Waals surface area contributed by atoms with Gasteiger partial charge in [0, 0.05) is 23.6 Å². The fourth-order valence-electron chi connectivity index (χ4n) is 3.80. The van der Waals surface area contributed by atoms with E-state index in [1.807, 2.05) is 18.2 Å². The Kier molecular flexibility index (Phi) is 11.7. The van der Waals surface area contributed by atoms with E-state index >= 15 is 0 Å². The van der Waals surface area contributed by atoms with Crippen molar-refractivity contribution in [1.82, 2.24) is 4.90 Å². The minimum Gasteiger partial charge on any atom is -0.508 e. The van der Waals surface area contributed by atoms with E-state index in [1.165, 1.54) is 11.1 Å². The Morgan fingerprint density at radius 3 is 1.79 bits per heavy atom. The third kappa shape index (κ3) is 8.78. The summed E-state index contributed by atoms with van der Waals surface area (Å²) in [6.45, 7) is 12.1. The zero-order chi connectivity index (χ0) is 26.0. The van der Waals surface area contributed by atoms with Crippen LogP contribution in [0.3, 0.4) is 0 Å². The van der Waals surface area contributed by atoms with Crippen LogP contribution in [0.4, 0.5) is 0 Å². The van der Waals surface area contributed by atoms with Crippen LogP contribution >= 0.6 is 0 Å². The van der Waals surface area contributed by atoms with E-state index in [0.29, 0.717) is 17.8 Å². The quantitative estimate of drug-likeness (QED) is 0.353. The van der Waals surface area contributed by atoms with Gasteiger partial charge in [0.05, 0.1) is 0 Å². The Balaban J connectivity index is 0.000000489. The normalized spacial score (nSPS) is 13.8. The Labute approximate surface area is 201 Å². The van der Waals surface area contributed by atoms with Crippen molar-refractivity contribution in [1.29, 1.82) is 0 Å². The number of nitrogens with zero attached hydrogens (tertiary/aromatic N) is 1. The van der Waals surface area contributed by atoms with E-state index in [0.717, 1.165) is 18.5 Å². The van der Waals surface area contributed by atoms with E-state index in [1.54, 1.807) is 0 Å². The van der Waals surface area contributed by atoms with Crippen molar-refractivity contribution >= 4 is 11.9 Å². The number of hydrogen-bond acceptors (Lipinski definition) is 6. The number of hydrogen-bond donors (Lipinski definition) is 5. The van der Waals surface area contributed by atoms with E-state index in [2.05, 4.69) is 69.9 Å². The van der Waals surface area contributed by atoms with Gasteiger partial charge in [0.1, 0.15) is 5.75 Å². The van der Waals surface area contributed by atoms with Gasteiger partial charge in [0.15, 0.2) is 12.2 Å². The monoisotopic (exact) mass is 475 g/mol. The molecule has 0 aromatic heterocycles. The molecule has 0 unspecified atom stereocenters. The first-order chi connectivity index (χ1) is 15.9. The van der Waals surface area contributed by atoms with E-state index in [4.69, 9.17) is 20.4 Å². The maximum absolute atomic E-state index is 10.4. The number of aliphatic carboxylic acids is 2. The number of aliphatic hydroxyl groups excluding tert-OH is 2. The van der Waals surface area contributed by atoms with Crippen molar-refractivity contribution in [2.45, 2.75) is 71.2 Å². The molecule has 0 saturated heterocycles. The van der Waals surface area contributed by atoms with Crippen LogP contribution in [-0.2, 0) is 9.59 Å². The predicted molar refractivity (Wildman–Crippen MR) is 130 cm³/mol. The second-order valence-corrected chi connectivity index (χ2v) is 8.81. The summed E-state index contributed by atoms with van der Waals surface area (Å²) in [5, 5.41) is 43.0. The number of carbonyl (C=O) groups is 2. The minimum absolute atomic E-state index is 0.214. The molecule has 0 radical (unpaired) electrons. The van der Waals surface area contributed by atoms with Gasteiger partial charge < -0.3 is 25.5 Å². The van der Waals surface area contributed by atoms with Crippen molar-refractivity contribution in [3.05, 3.63) is 65.2 Å². The number of aromatic hydroxyl groups is 1. The van der Waals surface area contributed by atoms with E-state index in [9.17, 15) is 14.7 Å². The first-order valence-electron chi connectivity index (χ1n) is 11.3. The maximum atomic E-state index is 10.4. The van der Waals surface area contributed by atoms with Gasteiger partial charge in [-0.2, -0.15) is 0 Å². The lowest BCUT2D eigenvalue weighted by molar-refractivity contribution is -0.165. The SMILES string of the molecule is Cc1ccc(O)c([C@@H](CCN(C(C)C)C(C)C)c2ccccc2)c1.O=C(O)[C@H](O)[C@@H](O)C(=O)O. The maximum Gasteiger partial charge on any atom is 0.335 e. The van der Waals surface area contributed by atoms with Crippen molar-refractivity contribution < 1.29 is 35.1 Å². The highest BCUT2D eigenvalue weighted by atomic mass is 16.4. The molecule has 0 aliphatic carbocycles. The second kappa shape index (κ2) is 13.7. The molecule has 2 rings (SSSR count). The molecule has 2 aromatic rings. The summed E-state index contributed by atoms with van der Waals surface area (Å²) in [5.41, 5.74) is 3.49. The number of carboxylic acids is 2. The number of carboxylic acid groups (broad SMARTS) is 2. The zero-order valence-electron chi connectivity index (χ0n) is 20.4. The van der Waals surface area contributed by atoms with Gasteiger partial charge in [-0.3, -0.25) is 4.90 Å². The van der Waals surface area contributed by atoms with Crippen LogP contribution in [0.5, 0.6) is 5.75 Å². The highest BCUT2D eigenvalue weighted by Gasteiger charge is 2.29. The largest absolute Gasteiger partial charge is 0.508 e. The van der Waals surface area contributed by atoms with Gasteiger partial charge in [-0.25, -0.2) is 9.59 Å². The third-order valence-corrected chi connectivity index (χ3v) is 5.57. The molecule has 0 amide bonds. The molecule has 0 spiro atoms. The molecule has 0 aliphatic rings. The van der Waals surface area contributed by atoms with Crippen LogP contribution in [0, 0.1) is 6.92 Å². The van der Waals surface area contributed by atoms with Crippen molar-refractivity contribution in [3.63, 3.8) is 0 Å². The van der Waals surface area contributed by atoms with Crippen molar-refractivity contribution in [3.8, 4) is 5.75 Å². The second-order valence-electron chi connectivity index (χ2n) is 8.81. The summed E-state index contributed by atoms with van der Waals surface area (Å²) in [4.78, 5) is 22.1. The molecule has 34 heavy (non-hydrogen) atoms. The Morgan fingerprint density at radius 1 is 0.853 bits per heavy atom. The molecule has 0 aliphatic heterocycles. The highest BCUT2D eigenvalue weighted by Crippen LogP contribution is 2.35. The van der Waals surface area contributed by atoms with Crippen LogP contribution in [0.15, 0.2) is 48.5 Å². The standard InChI is InChI=1S/C22H31NO.C4H6O6/c1-16(2)23(17(3)4)14-13-20(19-9-7-6-8-10-19)21-15-18(5)11-12-22(21)24;5-1(3(7)8)2(6)4(9)10/h6-12,15-17,20,24H,13-14H2,1-5H3;1-2,5-6H,(H,7,8)(H,9,10)/t20-;1-,2-/m01/s1. The lowest BCUT2D eigenvalue weighted by Gasteiger charge is -2.32. The Hall–Kier alpha value is -2.94. The Morgan fingerprint density at radius 2 is 1.35 bits per heavy atom. The topological polar surface area (TPSA) is 139 Å². The minimum atomic E-state index is -2.27. The summed E-state index contributed by atoms with van der Waals surface area (Å²) in [5.74, 6) is -2.93. The fraction of sp³-hybridized carbons (Fsp3) is 0.462. The van der Waals surface area contributed by atoms with Gasteiger partial charge in [-0.15, -0.1) is 0 Å². The van der Waals surface area contributed by atoms with Gasteiger partial charge in [-0.1, -0.05) is 48.0 Å². The molecule has 188 valence electrons. The van der Waals surface area contributed by atoms with E-state index in [-0.39, 0.29) is 5.92 Å². The molecule has 8 heteroatoms. The van der Waals surface area contributed by atoms with Gasteiger partial charge in [0.2, 0.25) is 0 Å². The van der Waals surface area contributed by atoms with Crippen LogP contribution in [-0.4, -0.2) is 73.2 Å². The van der Waals surface area contributed by atoms with Crippen LogP contribution in [0.2, 0.25) is 0 Å². The van der Waals surface area contributed by atoms with Gasteiger partial charge in [0.25, 0.3) is 0 Å². The number of aliphatic hydroxyl groups is 2. The molecule has 5 N–H and O–H groups in total. The predicted octanol–water partition coefficient (Wildman–Crippen LogP) is 3.22. The summed E-state index contributed by atoms with van der Waals surface area (Å²) in [6.07, 6.45) is -3.54. The molecule has 0 fully saturated rings. The lowest BCUT2D eigenvalue weighted by atomic mass is 9.87. The molecular weight excluding hydrogens is 438 g/mol. The van der Waals surface area contributed by atoms with Crippen molar-refractivity contribution in [2.75, 3.05) is 6.54 Å². The van der Waals surface area contributed by atoms with Gasteiger partial charge in [-0.05, 0) is 59.2 Å². The smallest absolute Gasteiger partial charge is 0.335 e. The average Bonchev–Trinajstić information content (AvgIpc) is 2.78. The Bertz CT molecular complexity index is 889. The van der Waals surface area contributed by atoms with Crippen LogP contribution in [0.25, 0.3) is 0 Å². The lowest BCUT2D eigenvalue weighted by Crippen LogP contribution is -2.39. The summed E-state index contributed by atoms with van der Waals surface area (Å²) >= 11 is 0. The third-order valence-electron chi connectivity index (χ3n) is 5.57. The molecular formula is C26H37NO7. The molecule has 2 aromatic carbocycles. The molecule has 3 atom stereocenters. The number of benzene rings is 2. The van der Waals surface area contributed by atoms with Crippen LogP contribution < -0.4 is 0 Å². The number of aryl methyl sites for hydroxylation is 1. The average molecular weight is 476 g/mol. The molecule has 8 nitrogen and oxygen atoms in total. The first-order valence-corrected chi connectivity index (χ1v) is 11.3. The molecule has 0 bridgehead atoms. The summed E-state index contributed by atoms with van der Waals surface area (Å²) in [7, 11) is 0. The summed E-state index contributed by atoms with van der Waals surface area (Å²) < 4.78 is 0. The first kappa shape index (κ1) is 29.1.